The van der Waals surface area contributed by atoms with Crippen LogP contribution in [0.15, 0.2) is 66.8 Å². The molecule has 0 bridgehead atoms. The fraction of sp³-hybridized carbons (Fsp3) is 0.118. The van der Waals surface area contributed by atoms with Gasteiger partial charge in [0.25, 0.3) is 0 Å². The minimum Gasteiger partial charge on any atom is -0.408 e. The molecular formula is C17H17N3O2. The molecule has 112 valence electrons. The molecule has 0 radical (unpaired) electrons. The number of aromatic amines is 1. The van der Waals surface area contributed by atoms with Gasteiger partial charge in [-0.25, -0.2) is 4.79 Å². The zero-order valence-electron chi connectivity index (χ0n) is 12.0. The van der Waals surface area contributed by atoms with Crippen molar-refractivity contribution in [3.8, 4) is 0 Å². The molecule has 3 rings (SSSR count). The van der Waals surface area contributed by atoms with Crippen molar-refractivity contribution in [1.29, 1.82) is 0 Å². The van der Waals surface area contributed by atoms with Crippen molar-refractivity contribution in [2.75, 3.05) is 0 Å². The smallest absolute Gasteiger partial charge is 0.329 e. The Kier molecular flexibility index (Phi) is 4.07. The van der Waals surface area contributed by atoms with Crippen LogP contribution in [-0.4, -0.2) is 17.0 Å². The van der Waals surface area contributed by atoms with E-state index in [0.29, 0.717) is 12.3 Å². The van der Waals surface area contributed by atoms with Crippen LogP contribution in [0.4, 0.5) is 0 Å². The summed E-state index contributed by atoms with van der Waals surface area (Å²) in [5.41, 5.74) is 8.01. The van der Waals surface area contributed by atoms with Crippen molar-refractivity contribution < 1.29 is 9.53 Å². The van der Waals surface area contributed by atoms with Gasteiger partial charge in [0, 0.05) is 29.7 Å². The number of esters is 1. The molecule has 1 aliphatic heterocycles. The number of carbonyl (C=O) groups is 1. The lowest BCUT2D eigenvalue weighted by molar-refractivity contribution is -0.141. The van der Waals surface area contributed by atoms with Gasteiger partial charge in [0.2, 0.25) is 5.88 Å². The predicted octanol–water partition coefficient (Wildman–Crippen LogP) is 2.10. The molecule has 0 saturated carbocycles. The molecule has 1 aliphatic rings. The van der Waals surface area contributed by atoms with Crippen molar-refractivity contribution in [3.63, 3.8) is 0 Å². The summed E-state index contributed by atoms with van der Waals surface area (Å²) in [4.78, 5) is 15.3. The van der Waals surface area contributed by atoms with Crippen molar-refractivity contribution in [3.05, 3.63) is 72.4 Å². The predicted molar refractivity (Wildman–Crippen MR) is 85.6 cm³/mol. The van der Waals surface area contributed by atoms with E-state index in [1.807, 2.05) is 42.6 Å². The van der Waals surface area contributed by atoms with Gasteiger partial charge in [0.15, 0.2) is 0 Å². The second-order valence-electron chi connectivity index (χ2n) is 5.01. The standard InChI is InChI=1S/C17H17N3O2/c18-14(17(21)22-16-8-2-1-5-9-19-16)10-12-11-20-15-7-4-3-6-13(12)15/h1-9,11,14,19-20H,10,18H2/t14-/m0/s1. The number of fused-ring (bicyclic) bond motifs is 1. The van der Waals surface area contributed by atoms with Crippen LogP contribution in [0.2, 0.25) is 0 Å². The quantitative estimate of drug-likeness (QED) is 0.755. The molecule has 5 heteroatoms. The van der Waals surface area contributed by atoms with Crippen LogP contribution in [0.25, 0.3) is 10.9 Å². The van der Waals surface area contributed by atoms with Gasteiger partial charge in [0.1, 0.15) is 6.04 Å². The Morgan fingerprint density at radius 2 is 2.09 bits per heavy atom. The van der Waals surface area contributed by atoms with Crippen molar-refractivity contribution in [1.82, 2.24) is 10.3 Å². The highest BCUT2D eigenvalue weighted by Crippen LogP contribution is 2.19. The number of ether oxygens (including phenoxy) is 1. The second kappa shape index (κ2) is 6.32. The van der Waals surface area contributed by atoms with Gasteiger partial charge in [-0.2, -0.15) is 0 Å². The molecule has 5 nitrogen and oxygen atoms in total. The average Bonchev–Trinajstić information content (AvgIpc) is 2.75. The summed E-state index contributed by atoms with van der Waals surface area (Å²) in [5.74, 6) is -0.0999. The fourth-order valence-corrected chi connectivity index (χ4v) is 2.31. The Morgan fingerprint density at radius 1 is 1.23 bits per heavy atom. The Morgan fingerprint density at radius 3 is 3.00 bits per heavy atom. The van der Waals surface area contributed by atoms with Gasteiger partial charge in [-0.05, 0) is 23.8 Å². The van der Waals surface area contributed by atoms with Gasteiger partial charge in [-0.1, -0.05) is 30.4 Å². The van der Waals surface area contributed by atoms with Crippen molar-refractivity contribution in [2.24, 2.45) is 5.73 Å². The van der Waals surface area contributed by atoms with E-state index in [1.54, 1.807) is 18.4 Å². The maximum atomic E-state index is 12.1. The number of H-pyrrole nitrogens is 1. The van der Waals surface area contributed by atoms with E-state index in [9.17, 15) is 4.79 Å². The lowest BCUT2D eigenvalue weighted by Gasteiger charge is -2.12. The monoisotopic (exact) mass is 295 g/mol. The molecule has 0 aliphatic carbocycles. The number of allylic oxidation sites excluding steroid dienone is 4. The fourth-order valence-electron chi connectivity index (χ4n) is 2.31. The summed E-state index contributed by atoms with van der Waals surface area (Å²) >= 11 is 0. The molecule has 0 amide bonds. The zero-order chi connectivity index (χ0) is 15.4. The summed E-state index contributed by atoms with van der Waals surface area (Å²) in [6.45, 7) is 0. The molecule has 0 unspecified atom stereocenters. The van der Waals surface area contributed by atoms with Crippen molar-refractivity contribution >= 4 is 16.9 Å². The maximum absolute atomic E-state index is 12.1. The first-order valence-corrected chi connectivity index (χ1v) is 7.06. The van der Waals surface area contributed by atoms with Crippen LogP contribution in [0, 0.1) is 0 Å². The molecule has 22 heavy (non-hydrogen) atoms. The first kappa shape index (κ1) is 14.2. The maximum Gasteiger partial charge on any atom is 0.329 e. The molecule has 4 N–H and O–H groups in total. The minimum atomic E-state index is -0.724. The summed E-state index contributed by atoms with van der Waals surface area (Å²) in [6.07, 6.45) is 11.1. The van der Waals surface area contributed by atoms with E-state index < -0.39 is 12.0 Å². The minimum absolute atomic E-state index is 0.365. The lowest BCUT2D eigenvalue weighted by atomic mass is 10.1. The van der Waals surface area contributed by atoms with Gasteiger partial charge < -0.3 is 20.8 Å². The first-order chi connectivity index (χ1) is 10.7. The second-order valence-corrected chi connectivity index (χ2v) is 5.01. The number of nitrogens with two attached hydrogens (primary N) is 1. The summed E-state index contributed by atoms with van der Waals surface area (Å²) < 4.78 is 5.27. The molecule has 1 aromatic heterocycles. The van der Waals surface area contributed by atoms with E-state index in [2.05, 4.69) is 10.3 Å². The van der Waals surface area contributed by atoms with E-state index >= 15 is 0 Å². The zero-order valence-corrected chi connectivity index (χ0v) is 12.0. The molecule has 2 heterocycles. The van der Waals surface area contributed by atoms with E-state index in [1.165, 1.54) is 0 Å². The number of carbonyl (C=O) groups excluding carboxylic acids is 1. The highest BCUT2D eigenvalue weighted by molar-refractivity contribution is 5.84. The van der Waals surface area contributed by atoms with Gasteiger partial charge in [0.05, 0.1) is 0 Å². The Hall–Kier alpha value is -2.79. The SMILES string of the molecule is N[C@@H](Cc1c[nH]c2ccccc12)C(=O)OC1=CC=CC=CN1. The first-order valence-electron chi connectivity index (χ1n) is 7.06. The molecule has 0 spiro atoms. The highest BCUT2D eigenvalue weighted by Gasteiger charge is 2.19. The number of hydrogen-bond donors (Lipinski definition) is 3. The third-order valence-corrected chi connectivity index (χ3v) is 3.42. The van der Waals surface area contributed by atoms with Crippen molar-refractivity contribution in [2.45, 2.75) is 12.5 Å². The summed E-state index contributed by atoms with van der Waals surface area (Å²) in [5, 5.41) is 3.94. The largest absolute Gasteiger partial charge is 0.408 e. The Labute approximate surface area is 128 Å². The molecular weight excluding hydrogens is 278 g/mol. The lowest BCUT2D eigenvalue weighted by Crippen LogP contribution is -2.35. The topological polar surface area (TPSA) is 80.1 Å². The van der Waals surface area contributed by atoms with Gasteiger partial charge in [-0.15, -0.1) is 0 Å². The molecule has 1 atom stereocenters. The van der Waals surface area contributed by atoms with Gasteiger partial charge in [-0.3, -0.25) is 0 Å². The van der Waals surface area contributed by atoms with E-state index in [0.717, 1.165) is 16.5 Å². The molecule has 2 aromatic rings. The third-order valence-electron chi connectivity index (χ3n) is 3.42. The van der Waals surface area contributed by atoms with E-state index in [4.69, 9.17) is 10.5 Å². The summed E-state index contributed by atoms with van der Waals surface area (Å²) in [7, 11) is 0. The number of aromatic nitrogens is 1. The number of hydrogen-bond acceptors (Lipinski definition) is 4. The van der Waals surface area contributed by atoms with Crippen LogP contribution >= 0.6 is 0 Å². The summed E-state index contributed by atoms with van der Waals surface area (Å²) in [6, 6.07) is 7.19. The number of rotatable bonds is 4. The Balaban J connectivity index is 1.67. The van der Waals surface area contributed by atoms with Crippen LogP contribution in [-0.2, 0) is 16.0 Å². The third kappa shape index (κ3) is 3.10. The number of nitrogens with one attached hydrogen (secondary N) is 2. The van der Waals surface area contributed by atoms with E-state index in [-0.39, 0.29) is 0 Å². The highest BCUT2D eigenvalue weighted by atomic mass is 16.5. The molecule has 1 aromatic carbocycles. The Bertz CT molecular complexity index is 771. The number of benzene rings is 1. The van der Waals surface area contributed by atoms with Crippen LogP contribution in [0.5, 0.6) is 0 Å². The average molecular weight is 295 g/mol. The van der Waals surface area contributed by atoms with Crippen LogP contribution < -0.4 is 11.1 Å². The van der Waals surface area contributed by atoms with Crippen LogP contribution in [0.3, 0.4) is 0 Å². The molecule has 0 saturated heterocycles. The normalized spacial score (nSPS) is 15.0. The number of para-hydroxylation sites is 1. The molecule has 0 fully saturated rings. The van der Waals surface area contributed by atoms with Gasteiger partial charge >= 0.3 is 5.97 Å². The van der Waals surface area contributed by atoms with Crippen LogP contribution in [0.1, 0.15) is 5.56 Å².